The predicted molar refractivity (Wildman–Crippen MR) is 83.0 cm³/mol. The third kappa shape index (κ3) is 4.23. The Hall–Kier alpha value is -3.03. The second kappa shape index (κ2) is 8.20. The molecule has 0 heterocycles. The first-order chi connectivity index (χ1) is 10.2. The molecule has 0 aliphatic carbocycles. The Labute approximate surface area is 125 Å². The molecule has 1 aromatic rings. The van der Waals surface area contributed by atoms with Crippen molar-refractivity contribution in [2.45, 2.75) is 13.8 Å². The van der Waals surface area contributed by atoms with Gasteiger partial charge in [0.1, 0.15) is 13.1 Å². The fourth-order valence-corrected chi connectivity index (χ4v) is 1.77. The summed E-state index contributed by atoms with van der Waals surface area (Å²) in [7, 11) is 0. The summed E-state index contributed by atoms with van der Waals surface area (Å²) >= 11 is 0. The van der Waals surface area contributed by atoms with Crippen molar-refractivity contribution in [3.05, 3.63) is 70.5 Å². The van der Waals surface area contributed by atoms with Crippen LogP contribution in [0, 0.1) is 30.6 Å². The lowest BCUT2D eigenvalue weighted by molar-refractivity contribution is -0.515. The first-order valence-electron chi connectivity index (χ1n) is 6.62. The topological polar surface area (TPSA) is 35.5 Å². The number of benzene rings is 1. The van der Waals surface area contributed by atoms with Gasteiger partial charge in [-0.15, -0.1) is 0 Å². The zero-order valence-electron chi connectivity index (χ0n) is 12.2. The maximum atomic E-state index is 9.25. The van der Waals surface area contributed by atoms with E-state index in [9.17, 15) is 5.26 Å². The standard InChI is InChI=1S/C17H16N4/c1-5-21(6-2)12-11-16(13-18)14-7-9-15(10-8-14)17(19-3)20-4/h7-12H,5-6H2,1-2H3/b16-11+. The molecule has 0 unspecified atom stereocenters. The minimum Gasteiger partial charge on any atom is -0.373 e. The van der Waals surface area contributed by atoms with Crippen LogP contribution in [0.2, 0.25) is 0 Å². The van der Waals surface area contributed by atoms with Crippen molar-refractivity contribution in [2.75, 3.05) is 13.1 Å². The van der Waals surface area contributed by atoms with Crippen LogP contribution in [-0.4, -0.2) is 23.9 Å². The van der Waals surface area contributed by atoms with Crippen LogP contribution in [0.5, 0.6) is 0 Å². The molecular formula is C17H16N4. The smallest absolute Gasteiger partial charge is 0.334 e. The number of hydrogen-bond acceptors (Lipinski definition) is 1. The minimum absolute atomic E-state index is 0.0405. The molecule has 0 aliphatic rings. The van der Waals surface area contributed by atoms with E-state index in [1.165, 1.54) is 0 Å². The molecule has 0 N–H and O–H groups in total. The molecule has 21 heavy (non-hydrogen) atoms. The molecule has 104 valence electrons. The monoisotopic (exact) mass is 276 g/mol. The molecule has 0 saturated carbocycles. The second-order valence-electron chi connectivity index (χ2n) is 4.19. The molecule has 0 spiro atoms. The van der Waals surface area contributed by atoms with Gasteiger partial charge in [-0.1, -0.05) is 24.3 Å². The Morgan fingerprint density at radius 1 is 1.24 bits per heavy atom. The predicted octanol–water partition coefficient (Wildman–Crippen LogP) is 3.39. The Morgan fingerprint density at radius 3 is 2.24 bits per heavy atom. The molecule has 0 saturated heterocycles. The molecule has 1 aromatic carbocycles. The molecule has 4 nitrogen and oxygen atoms in total. The van der Waals surface area contributed by atoms with Crippen molar-refractivity contribution in [2.24, 2.45) is 0 Å². The summed E-state index contributed by atoms with van der Waals surface area (Å²) in [6.45, 7) is 19.7. The molecular weight excluding hydrogens is 260 g/mol. The highest BCUT2D eigenvalue weighted by Crippen LogP contribution is 2.21. The van der Waals surface area contributed by atoms with E-state index in [0.717, 1.165) is 18.7 Å². The first kappa shape index (κ1) is 16.0. The van der Waals surface area contributed by atoms with Crippen molar-refractivity contribution in [1.29, 1.82) is 5.26 Å². The summed E-state index contributed by atoms with van der Waals surface area (Å²) in [6.07, 6.45) is 3.73. The first-order valence-corrected chi connectivity index (χ1v) is 6.62. The lowest BCUT2D eigenvalue weighted by atomic mass is 10.0. The fraction of sp³-hybridized carbons (Fsp3) is 0.235. The van der Waals surface area contributed by atoms with Gasteiger partial charge in [0.05, 0.1) is 11.6 Å². The van der Waals surface area contributed by atoms with E-state index >= 15 is 0 Å². The van der Waals surface area contributed by atoms with Crippen LogP contribution in [0.3, 0.4) is 0 Å². The molecule has 1 rings (SSSR count). The summed E-state index contributed by atoms with van der Waals surface area (Å²) in [5, 5.41) is 9.25. The third-order valence-corrected chi connectivity index (χ3v) is 3.05. The van der Waals surface area contributed by atoms with Gasteiger partial charge in [0.15, 0.2) is 6.21 Å². The van der Waals surface area contributed by atoms with Crippen molar-refractivity contribution in [3.8, 4) is 6.07 Å². The summed E-state index contributed by atoms with van der Waals surface area (Å²) in [6, 6.07) is 9.09. The average Bonchev–Trinajstić information content (AvgIpc) is 2.54. The Balaban J connectivity index is 3.08. The number of nitrogens with zero attached hydrogens (tertiary/aromatic N) is 4. The zero-order valence-corrected chi connectivity index (χ0v) is 12.2. The Bertz CT molecular complexity index is 641. The van der Waals surface area contributed by atoms with Gasteiger partial charge < -0.3 is 9.69 Å². The second-order valence-corrected chi connectivity index (χ2v) is 4.19. The van der Waals surface area contributed by atoms with Gasteiger partial charge in [0.25, 0.3) is 0 Å². The van der Waals surface area contributed by atoms with Crippen molar-refractivity contribution >= 4 is 11.8 Å². The van der Waals surface area contributed by atoms with Gasteiger partial charge in [0.2, 0.25) is 0 Å². The Kier molecular flexibility index (Phi) is 6.26. The number of allylic oxidation sites excluding steroid dienone is 2. The van der Waals surface area contributed by atoms with Crippen LogP contribution < -0.4 is 0 Å². The maximum absolute atomic E-state index is 9.25. The third-order valence-electron chi connectivity index (χ3n) is 3.05. The van der Waals surface area contributed by atoms with Crippen LogP contribution >= 0.6 is 0 Å². The lowest BCUT2D eigenvalue weighted by Gasteiger charge is -2.05. The quantitative estimate of drug-likeness (QED) is 0.351. The van der Waals surface area contributed by atoms with Crippen molar-refractivity contribution in [1.82, 2.24) is 0 Å². The van der Waals surface area contributed by atoms with Crippen molar-refractivity contribution < 1.29 is 4.58 Å². The molecule has 0 bridgehead atoms. The summed E-state index contributed by atoms with van der Waals surface area (Å²) in [5.41, 5.74) is 1.91. The van der Waals surface area contributed by atoms with E-state index in [-0.39, 0.29) is 6.17 Å². The number of rotatable bonds is 5. The van der Waals surface area contributed by atoms with Crippen LogP contribution in [-0.2, 0) is 0 Å². The average molecular weight is 276 g/mol. The summed E-state index contributed by atoms with van der Waals surface area (Å²) in [4.78, 5) is 6.35. The van der Waals surface area contributed by atoms with Crippen LogP contribution in [0.15, 0.2) is 30.3 Å². The lowest BCUT2D eigenvalue weighted by Crippen LogP contribution is -2.10. The molecule has 4 heteroatoms. The van der Waals surface area contributed by atoms with Gasteiger partial charge in [-0.05, 0) is 25.0 Å². The molecule has 0 fully saturated rings. The largest absolute Gasteiger partial charge is 0.373 e. The van der Waals surface area contributed by atoms with E-state index in [2.05, 4.69) is 34.2 Å². The van der Waals surface area contributed by atoms with E-state index in [4.69, 9.17) is 13.1 Å². The highest BCUT2D eigenvalue weighted by atomic mass is 15.0. The van der Waals surface area contributed by atoms with E-state index < -0.39 is 0 Å². The van der Waals surface area contributed by atoms with E-state index in [1.807, 2.05) is 6.21 Å². The Morgan fingerprint density at radius 2 is 1.81 bits per heavy atom. The molecule has 0 aromatic heterocycles. The summed E-state index contributed by atoms with van der Waals surface area (Å²) < 4.78 is 2.09. The summed E-state index contributed by atoms with van der Waals surface area (Å²) in [5.74, 6) is 0. The van der Waals surface area contributed by atoms with Crippen LogP contribution in [0.1, 0.15) is 25.0 Å². The van der Waals surface area contributed by atoms with Crippen molar-refractivity contribution in [3.63, 3.8) is 0 Å². The van der Waals surface area contributed by atoms with Gasteiger partial charge >= 0.3 is 6.17 Å². The SMILES string of the molecule is [C-]#[N+][C-]([N+]#[C-])c1ccc(/C(C#N)=C/C=[N+](CC)CC)cc1. The maximum Gasteiger partial charge on any atom is 0.334 e. The van der Waals surface area contributed by atoms with E-state index in [1.54, 1.807) is 30.3 Å². The van der Waals surface area contributed by atoms with Gasteiger partial charge in [-0.25, -0.2) is 4.58 Å². The molecule has 0 atom stereocenters. The molecule has 0 amide bonds. The zero-order chi connectivity index (χ0) is 15.7. The minimum atomic E-state index is 0.0405. The van der Waals surface area contributed by atoms with Crippen LogP contribution in [0.4, 0.5) is 0 Å². The fourth-order valence-electron chi connectivity index (χ4n) is 1.77. The molecule has 0 radical (unpaired) electrons. The normalized spacial score (nSPS) is 9.95. The van der Waals surface area contributed by atoms with Gasteiger partial charge in [-0.3, -0.25) is 13.1 Å². The van der Waals surface area contributed by atoms with Gasteiger partial charge in [-0.2, -0.15) is 5.26 Å². The van der Waals surface area contributed by atoms with E-state index in [0.29, 0.717) is 11.1 Å². The molecule has 0 aliphatic heterocycles. The highest BCUT2D eigenvalue weighted by Gasteiger charge is 2.08. The number of nitriles is 1. The number of hydrogen-bond donors (Lipinski definition) is 0. The van der Waals surface area contributed by atoms with Crippen LogP contribution in [0.25, 0.3) is 15.3 Å². The highest BCUT2D eigenvalue weighted by molar-refractivity contribution is 5.88. The van der Waals surface area contributed by atoms with Gasteiger partial charge in [0, 0.05) is 6.08 Å².